The summed E-state index contributed by atoms with van der Waals surface area (Å²) in [6.07, 6.45) is 3.03. The molecule has 0 fully saturated rings. The van der Waals surface area contributed by atoms with E-state index in [1.807, 2.05) is 30.3 Å². The summed E-state index contributed by atoms with van der Waals surface area (Å²) in [5.74, 6) is -1.01. The first-order chi connectivity index (χ1) is 16.0. The lowest BCUT2D eigenvalue weighted by Gasteiger charge is -2.08. The number of carbonyl (C=O) groups excluding carboxylic acids is 1. The van der Waals surface area contributed by atoms with Crippen LogP contribution in [0.1, 0.15) is 16.1 Å². The average molecular weight is 440 g/mol. The molecule has 0 saturated heterocycles. The predicted octanol–water partition coefficient (Wildman–Crippen LogP) is 6.57. The van der Waals surface area contributed by atoms with E-state index in [0.29, 0.717) is 22.5 Å². The first-order valence-corrected chi connectivity index (χ1v) is 10.3. The second kappa shape index (κ2) is 8.31. The number of aromatic amines is 1. The highest BCUT2D eigenvalue weighted by molar-refractivity contribution is 6.12. The van der Waals surface area contributed by atoms with Gasteiger partial charge in [0.15, 0.2) is 17.3 Å². The molecule has 0 spiro atoms. The molecule has 0 amide bonds. The zero-order chi connectivity index (χ0) is 22.9. The summed E-state index contributed by atoms with van der Waals surface area (Å²) in [6, 6.07) is 19.7. The molecule has 2 heterocycles. The molecule has 162 valence electrons. The van der Waals surface area contributed by atoms with Crippen molar-refractivity contribution in [1.82, 2.24) is 9.97 Å². The summed E-state index contributed by atoms with van der Waals surface area (Å²) in [4.78, 5) is 20.7. The van der Waals surface area contributed by atoms with Crippen LogP contribution >= 0.6 is 0 Å². The molecule has 0 bridgehead atoms. The van der Waals surface area contributed by atoms with Gasteiger partial charge in [0.1, 0.15) is 5.82 Å². The standard InChI is InChI=1S/C27H18F2N2O2/c1-33-25-14-17(8-12-22(25)29)26-27-21(20-4-2-3-5-23(20)31-27)15-19(30-26)11-13-24(32)16-6-9-18(28)10-7-16/h2-15,31H,1H3/b13-11+. The largest absolute Gasteiger partial charge is 0.494 e. The highest BCUT2D eigenvalue weighted by atomic mass is 19.1. The van der Waals surface area contributed by atoms with E-state index >= 15 is 0 Å². The van der Waals surface area contributed by atoms with Crippen LogP contribution in [0.2, 0.25) is 0 Å². The van der Waals surface area contributed by atoms with Crippen LogP contribution < -0.4 is 4.74 Å². The van der Waals surface area contributed by atoms with Crippen LogP contribution in [0.4, 0.5) is 8.78 Å². The molecule has 0 saturated carbocycles. The van der Waals surface area contributed by atoms with E-state index in [0.717, 1.165) is 21.8 Å². The van der Waals surface area contributed by atoms with Gasteiger partial charge < -0.3 is 9.72 Å². The molecule has 0 radical (unpaired) electrons. The number of nitrogens with one attached hydrogen (secondary N) is 1. The Labute approximate surface area is 188 Å². The number of benzene rings is 3. The first-order valence-electron chi connectivity index (χ1n) is 10.3. The maximum Gasteiger partial charge on any atom is 0.185 e. The number of allylic oxidation sites excluding steroid dienone is 1. The number of ketones is 1. The predicted molar refractivity (Wildman–Crippen MR) is 125 cm³/mol. The number of pyridine rings is 1. The number of carbonyl (C=O) groups is 1. The lowest BCUT2D eigenvalue weighted by Crippen LogP contribution is -1.95. The maximum absolute atomic E-state index is 14.0. The van der Waals surface area contributed by atoms with Crippen LogP contribution in [0, 0.1) is 11.6 Å². The minimum atomic E-state index is -0.463. The fourth-order valence-electron chi connectivity index (χ4n) is 3.84. The zero-order valence-corrected chi connectivity index (χ0v) is 17.6. The number of ether oxygens (including phenoxy) is 1. The third kappa shape index (κ3) is 3.87. The smallest absolute Gasteiger partial charge is 0.185 e. The third-order valence-electron chi connectivity index (χ3n) is 5.47. The van der Waals surface area contributed by atoms with Gasteiger partial charge in [-0.05, 0) is 66.7 Å². The number of H-pyrrole nitrogens is 1. The Kier molecular flexibility index (Phi) is 5.18. The van der Waals surface area contributed by atoms with Gasteiger partial charge in [-0.15, -0.1) is 0 Å². The van der Waals surface area contributed by atoms with Crippen molar-refractivity contribution in [1.29, 1.82) is 0 Å². The fourth-order valence-corrected chi connectivity index (χ4v) is 3.84. The monoisotopic (exact) mass is 440 g/mol. The number of fused-ring (bicyclic) bond motifs is 3. The summed E-state index contributed by atoms with van der Waals surface area (Å²) < 4.78 is 32.3. The number of hydrogen-bond acceptors (Lipinski definition) is 3. The van der Waals surface area contributed by atoms with Crippen molar-refractivity contribution in [3.05, 3.63) is 102 Å². The quantitative estimate of drug-likeness (QED) is 0.249. The van der Waals surface area contributed by atoms with Gasteiger partial charge in [-0.25, -0.2) is 13.8 Å². The lowest BCUT2D eigenvalue weighted by molar-refractivity contribution is 0.104. The highest BCUT2D eigenvalue weighted by Crippen LogP contribution is 2.34. The first kappa shape index (κ1) is 20.6. The lowest BCUT2D eigenvalue weighted by atomic mass is 10.1. The Balaban J connectivity index is 1.66. The van der Waals surface area contributed by atoms with Crippen molar-refractivity contribution in [2.75, 3.05) is 7.11 Å². The Morgan fingerprint density at radius 1 is 0.970 bits per heavy atom. The molecule has 33 heavy (non-hydrogen) atoms. The number of methoxy groups -OCH3 is 1. The minimum Gasteiger partial charge on any atom is -0.494 e. The second-order valence-corrected chi connectivity index (χ2v) is 7.54. The average Bonchev–Trinajstić information content (AvgIpc) is 3.21. The molecule has 0 aliphatic carbocycles. The Bertz CT molecular complexity index is 1540. The zero-order valence-electron chi connectivity index (χ0n) is 17.6. The van der Waals surface area contributed by atoms with Crippen LogP contribution in [0.3, 0.4) is 0 Å². The molecule has 5 rings (SSSR count). The molecular weight excluding hydrogens is 422 g/mol. The van der Waals surface area contributed by atoms with Crippen molar-refractivity contribution < 1.29 is 18.3 Å². The van der Waals surface area contributed by atoms with E-state index in [4.69, 9.17) is 9.72 Å². The van der Waals surface area contributed by atoms with Gasteiger partial charge in [0.25, 0.3) is 0 Å². The fraction of sp³-hybridized carbons (Fsp3) is 0.0370. The van der Waals surface area contributed by atoms with Crippen LogP contribution in [0.15, 0.2) is 78.9 Å². The van der Waals surface area contributed by atoms with Gasteiger partial charge in [-0.2, -0.15) is 0 Å². The van der Waals surface area contributed by atoms with Crippen LogP contribution in [0.5, 0.6) is 5.75 Å². The van der Waals surface area contributed by atoms with Crippen molar-refractivity contribution in [3.63, 3.8) is 0 Å². The number of nitrogens with zero attached hydrogens (tertiary/aromatic N) is 1. The molecule has 6 heteroatoms. The molecule has 2 aromatic heterocycles. The number of rotatable bonds is 5. The number of aromatic nitrogens is 2. The molecule has 0 aliphatic rings. The highest BCUT2D eigenvalue weighted by Gasteiger charge is 2.15. The Morgan fingerprint density at radius 2 is 1.76 bits per heavy atom. The van der Waals surface area contributed by atoms with E-state index in [2.05, 4.69) is 4.98 Å². The maximum atomic E-state index is 14.0. The summed E-state index contributed by atoms with van der Waals surface area (Å²) in [7, 11) is 1.41. The molecule has 0 unspecified atom stereocenters. The van der Waals surface area contributed by atoms with Gasteiger partial charge in [-0.3, -0.25) is 4.79 Å². The van der Waals surface area contributed by atoms with Crippen molar-refractivity contribution in [2.45, 2.75) is 0 Å². The molecule has 4 nitrogen and oxygen atoms in total. The molecule has 5 aromatic rings. The van der Waals surface area contributed by atoms with Gasteiger partial charge >= 0.3 is 0 Å². The summed E-state index contributed by atoms with van der Waals surface area (Å²) in [6.45, 7) is 0. The SMILES string of the molecule is COc1cc(-c2nc(/C=C/C(=O)c3ccc(F)cc3)cc3c2[nH]c2ccccc23)ccc1F. The number of hydrogen-bond donors (Lipinski definition) is 1. The van der Waals surface area contributed by atoms with E-state index in [1.54, 1.807) is 18.2 Å². The molecule has 1 N–H and O–H groups in total. The topological polar surface area (TPSA) is 55.0 Å². The van der Waals surface area contributed by atoms with E-state index in [1.165, 1.54) is 43.5 Å². The summed E-state index contributed by atoms with van der Waals surface area (Å²) >= 11 is 0. The van der Waals surface area contributed by atoms with Crippen molar-refractivity contribution >= 4 is 33.7 Å². The molecule has 3 aromatic carbocycles. The second-order valence-electron chi connectivity index (χ2n) is 7.54. The molecule has 0 atom stereocenters. The van der Waals surface area contributed by atoms with Crippen molar-refractivity contribution in [2.24, 2.45) is 0 Å². The molecular formula is C27H18F2N2O2. The van der Waals surface area contributed by atoms with Gasteiger partial charge in [-0.1, -0.05) is 18.2 Å². The van der Waals surface area contributed by atoms with Gasteiger partial charge in [0.2, 0.25) is 0 Å². The molecule has 0 aliphatic heterocycles. The third-order valence-corrected chi connectivity index (χ3v) is 5.47. The summed E-state index contributed by atoms with van der Waals surface area (Å²) in [5, 5.41) is 1.93. The van der Waals surface area contributed by atoms with Gasteiger partial charge in [0, 0.05) is 27.4 Å². The van der Waals surface area contributed by atoms with Crippen LogP contribution in [-0.4, -0.2) is 22.9 Å². The van der Waals surface area contributed by atoms with Crippen LogP contribution in [0.25, 0.3) is 39.1 Å². The number of halogens is 2. The minimum absolute atomic E-state index is 0.117. The van der Waals surface area contributed by atoms with E-state index < -0.39 is 11.6 Å². The Morgan fingerprint density at radius 3 is 2.55 bits per heavy atom. The Hall–Kier alpha value is -4.32. The summed E-state index contributed by atoms with van der Waals surface area (Å²) in [5.41, 5.74) is 3.95. The van der Waals surface area contributed by atoms with Crippen molar-refractivity contribution in [3.8, 4) is 17.0 Å². The normalized spacial score (nSPS) is 11.5. The number of para-hydroxylation sites is 1. The van der Waals surface area contributed by atoms with Gasteiger partial charge in [0.05, 0.1) is 24.0 Å². The van der Waals surface area contributed by atoms with Crippen LogP contribution in [-0.2, 0) is 0 Å². The van der Waals surface area contributed by atoms with E-state index in [9.17, 15) is 13.6 Å². The van der Waals surface area contributed by atoms with E-state index in [-0.39, 0.29) is 11.5 Å².